The molecule has 72 heavy (non-hydrogen) atoms. The molecule has 1 unspecified atom stereocenters. The molecule has 0 saturated carbocycles. The number of unbranched alkanes of at least 4 members (excludes halogenated alkanes) is 49. The van der Waals surface area contributed by atoms with Gasteiger partial charge in [0.25, 0.3) is 0 Å². The number of hydrogen-bond acceptors (Lipinski definition) is 3. The minimum atomic E-state index is -0.314. The van der Waals surface area contributed by atoms with Crippen molar-refractivity contribution in [1.82, 2.24) is 4.90 Å². The molecule has 0 N–H and O–H groups in total. The Labute approximate surface area is 454 Å². The highest BCUT2D eigenvalue weighted by Gasteiger charge is 2.26. The van der Waals surface area contributed by atoms with E-state index in [1.54, 1.807) is 0 Å². The fourth-order valence-corrected chi connectivity index (χ4v) is 10.9. The van der Waals surface area contributed by atoms with Gasteiger partial charge in [-0.15, -0.1) is 0 Å². The summed E-state index contributed by atoms with van der Waals surface area (Å²) in [6.45, 7) is 11.3. The quantitative estimate of drug-likeness (QED) is 0.0346. The van der Waals surface area contributed by atoms with Crippen LogP contribution in [0.1, 0.15) is 387 Å². The van der Waals surface area contributed by atoms with E-state index in [4.69, 9.17) is 4.74 Å². The maximum Gasteiger partial charge on any atom is 0.309 e. The molecule has 0 aromatic rings. The molecule has 4 heteroatoms. The Kier molecular flexibility index (Phi) is 61.1. The van der Waals surface area contributed by atoms with Crippen molar-refractivity contribution in [3.05, 3.63) is 12.2 Å². The third kappa shape index (κ3) is 54.9. The van der Waals surface area contributed by atoms with E-state index in [0.29, 0.717) is 13.0 Å². The van der Waals surface area contributed by atoms with Gasteiger partial charge in [0.05, 0.1) is 12.5 Å². The summed E-state index contributed by atoms with van der Waals surface area (Å²) in [5.74, 6) is -0.269. The number of amides is 1. The van der Waals surface area contributed by atoms with Crippen molar-refractivity contribution < 1.29 is 14.3 Å². The first-order chi connectivity index (χ1) is 35.6. The van der Waals surface area contributed by atoms with Crippen LogP contribution >= 0.6 is 0 Å². The number of carbonyl (C=O) groups is 2. The maximum absolute atomic E-state index is 13.9. The fourth-order valence-electron chi connectivity index (χ4n) is 10.9. The largest absolute Gasteiger partial charge is 0.465 e. The SMILES string of the molecule is CCCCCCCCCCCCCCCCCCCCCCCCCCCCCCCCCC/C=C/CCCCC(CC(=O)N(CCCCCCCC)CCCCCCCC)C(=O)OCCCCCCCC. The molecule has 0 saturated heterocycles. The number of ether oxygens (including phenoxy) is 1. The van der Waals surface area contributed by atoms with Crippen LogP contribution in [0, 0.1) is 5.92 Å². The first-order valence-corrected chi connectivity index (χ1v) is 33.7. The Hall–Kier alpha value is -1.32. The van der Waals surface area contributed by atoms with E-state index in [1.165, 1.54) is 302 Å². The monoisotopic (exact) mass is 1010 g/mol. The van der Waals surface area contributed by atoms with Crippen LogP contribution in [0.3, 0.4) is 0 Å². The zero-order chi connectivity index (χ0) is 52.2. The van der Waals surface area contributed by atoms with Crippen LogP contribution in [0.25, 0.3) is 0 Å². The van der Waals surface area contributed by atoms with Crippen LogP contribution < -0.4 is 0 Å². The van der Waals surface area contributed by atoms with Gasteiger partial charge in [0.15, 0.2) is 0 Å². The van der Waals surface area contributed by atoms with Crippen LogP contribution in [-0.2, 0) is 14.3 Å². The molecule has 0 aliphatic rings. The lowest BCUT2D eigenvalue weighted by molar-refractivity contribution is -0.152. The Morgan fingerprint density at radius 1 is 0.319 bits per heavy atom. The number of allylic oxidation sites excluding steroid dienone is 2. The van der Waals surface area contributed by atoms with E-state index in [1.807, 2.05) is 0 Å². The minimum absolute atomic E-state index is 0.131. The van der Waals surface area contributed by atoms with Gasteiger partial charge in [0.2, 0.25) is 5.91 Å². The standard InChI is InChI=1S/C68H133NO3/c1-5-9-13-17-21-22-23-24-25-26-27-28-29-30-31-32-33-34-35-36-37-38-39-40-41-42-43-44-45-46-47-48-49-50-51-52-53-57-61-66(68(71)72-64-60-56-20-16-12-8-4)65-67(70)69(62-58-54-18-14-10-6-2)63-59-55-19-15-11-7-3/h50-51,66H,5-49,52-65H2,1-4H3/b51-50+. The van der Waals surface area contributed by atoms with Gasteiger partial charge in [-0.1, -0.05) is 342 Å². The van der Waals surface area contributed by atoms with Gasteiger partial charge in [-0.05, 0) is 51.4 Å². The topological polar surface area (TPSA) is 46.6 Å². The molecular weight excluding hydrogens is 879 g/mol. The second-order valence-electron chi connectivity index (χ2n) is 23.3. The average Bonchev–Trinajstić information content (AvgIpc) is 3.38. The predicted octanol–water partition coefficient (Wildman–Crippen LogP) is 23.5. The number of nitrogens with zero attached hydrogens (tertiary/aromatic N) is 1. The molecule has 0 heterocycles. The van der Waals surface area contributed by atoms with Crippen molar-refractivity contribution in [2.45, 2.75) is 387 Å². The van der Waals surface area contributed by atoms with Gasteiger partial charge in [-0.3, -0.25) is 9.59 Å². The second-order valence-corrected chi connectivity index (χ2v) is 23.3. The summed E-state index contributed by atoms with van der Waals surface area (Å²) in [7, 11) is 0. The number of hydrogen-bond donors (Lipinski definition) is 0. The summed E-state index contributed by atoms with van der Waals surface area (Å²) in [6, 6.07) is 0. The number of esters is 1. The third-order valence-electron chi connectivity index (χ3n) is 16.0. The molecule has 0 aliphatic heterocycles. The highest BCUT2D eigenvalue weighted by Crippen LogP contribution is 2.21. The Morgan fingerprint density at radius 3 is 0.875 bits per heavy atom. The lowest BCUT2D eigenvalue weighted by Gasteiger charge is -2.25. The van der Waals surface area contributed by atoms with Crippen LogP contribution in [-0.4, -0.2) is 36.5 Å². The summed E-state index contributed by atoms with van der Waals surface area (Å²) in [6.07, 6.45) is 78.4. The summed E-state index contributed by atoms with van der Waals surface area (Å²) in [4.78, 5) is 29.5. The second kappa shape index (κ2) is 62.2. The van der Waals surface area contributed by atoms with Crippen LogP contribution in [0.5, 0.6) is 0 Å². The molecule has 428 valence electrons. The molecule has 0 rings (SSSR count). The van der Waals surface area contributed by atoms with Crippen molar-refractivity contribution in [3.63, 3.8) is 0 Å². The third-order valence-corrected chi connectivity index (χ3v) is 16.0. The van der Waals surface area contributed by atoms with Crippen molar-refractivity contribution in [2.24, 2.45) is 5.92 Å². The highest BCUT2D eigenvalue weighted by atomic mass is 16.5. The minimum Gasteiger partial charge on any atom is -0.465 e. The zero-order valence-corrected chi connectivity index (χ0v) is 50.1. The van der Waals surface area contributed by atoms with Crippen molar-refractivity contribution in [3.8, 4) is 0 Å². The number of rotatable bonds is 62. The molecule has 0 spiro atoms. The molecule has 0 bridgehead atoms. The summed E-state index contributed by atoms with van der Waals surface area (Å²) < 4.78 is 5.87. The van der Waals surface area contributed by atoms with Gasteiger partial charge in [0, 0.05) is 19.5 Å². The average molecular weight is 1010 g/mol. The normalized spacial score (nSPS) is 12.1. The molecule has 4 nitrogen and oxygen atoms in total. The molecule has 1 atom stereocenters. The van der Waals surface area contributed by atoms with Crippen LogP contribution in [0.2, 0.25) is 0 Å². The molecular formula is C68H133NO3. The molecule has 0 aliphatic carbocycles. The molecule has 0 radical (unpaired) electrons. The van der Waals surface area contributed by atoms with Gasteiger partial charge in [-0.2, -0.15) is 0 Å². The highest BCUT2D eigenvalue weighted by molar-refractivity contribution is 5.83. The smallest absolute Gasteiger partial charge is 0.309 e. The summed E-state index contributed by atoms with van der Waals surface area (Å²) >= 11 is 0. The Bertz CT molecular complexity index is 1060. The first-order valence-electron chi connectivity index (χ1n) is 33.7. The first kappa shape index (κ1) is 70.7. The predicted molar refractivity (Wildman–Crippen MR) is 321 cm³/mol. The van der Waals surface area contributed by atoms with E-state index in [2.05, 4.69) is 44.7 Å². The van der Waals surface area contributed by atoms with Crippen LogP contribution in [0.4, 0.5) is 0 Å². The Balaban J connectivity index is 4.04. The molecule has 1 amide bonds. The molecule has 0 fully saturated rings. The molecule has 0 aromatic carbocycles. The number of carbonyl (C=O) groups excluding carboxylic acids is 2. The lowest BCUT2D eigenvalue weighted by atomic mass is 9.96. The van der Waals surface area contributed by atoms with E-state index in [9.17, 15) is 9.59 Å². The van der Waals surface area contributed by atoms with Gasteiger partial charge in [0.1, 0.15) is 0 Å². The van der Waals surface area contributed by atoms with E-state index in [0.717, 1.165) is 64.5 Å². The van der Waals surface area contributed by atoms with E-state index in [-0.39, 0.29) is 17.8 Å². The van der Waals surface area contributed by atoms with Crippen molar-refractivity contribution in [1.29, 1.82) is 0 Å². The van der Waals surface area contributed by atoms with Crippen LogP contribution in [0.15, 0.2) is 12.2 Å². The van der Waals surface area contributed by atoms with Crippen molar-refractivity contribution >= 4 is 11.9 Å². The van der Waals surface area contributed by atoms with E-state index >= 15 is 0 Å². The van der Waals surface area contributed by atoms with Gasteiger partial charge < -0.3 is 9.64 Å². The summed E-state index contributed by atoms with van der Waals surface area (Å²) in [5, 5.41) is 0. The lowest BCUT2D eigenvalue weighted by Crippen LogP contribution is -2.35. The summed E-state index contributed by atoms with van der Waals surface area (Å²) in [5.41, 5.74) is 0. The van der Waals surface area contributed by atoms with Gasteiger partial charge >= 0.3 is 5.97 Å². The zero-order valence-electron chi connectivity index (χ0n) is 50.1. The fraction of sp³-hybridized carbons (Fsp3) is 0.941. The maximum atomic E-state index is 13.9. The van der Waals surface area contributed by atoms with Crippen molar-refractivity contribution in [2.75, 3.05) is 19.7 Å². The Morgan fingerprint density at radius 2 is 0.569 bits per heavy atom. The van der Waals surface area contributed by atoms with E-state index < -0.39 is 0 Å². The molecule has 0 aromatic heterocycles. The van der Waals surface area contributed by atoms with Gasteiger partial charge in [-0.25, -0.2) is 0 Å².